The molecule has 3 nitrogen and oxygen atoms in total. The molecule has 1 aliphatic heterocycles. The van der Waals surface area contributed by atoms with Gasteiger partial charge in [0.15, 0.2) is 9.84 Å². The maximum absolute atomic E-state index is 12.6. The molecule has 3 atom stereocenters. The van der Waals surface area contributed by atoms with Crippen molar-refractivity contribution in [2.24, 2.45) is 11.8 Å². The van der Waals surface area contributed by atoms with Crippen LogP contribution >= 0.6 is 0 Å². The van der Waals surface area contributed by atoms with Crippen LogP contribution in [-0.4, -0.2) is 26.0 Å². The van der Waals surface area contributed by atoms with Gasteiger partial charge in [-0.2, -0.15) is 0 Å². The Balaban J connectivity index is 2.44. The van der Waals surface area contributed by atoms with Crippen LogP contribution in [0.1, 0.15) is 32.4 Å². The van der Waals surface area contributed by atoms with E-state index in [1.165, 1.54) is 0 Å². The molecule has 19 heavy (non-hydrogen) atoms. The van der Waals surface area contributed by atoms with E-state index in [1.807, 2.05) is 51.1 Å². The summed E-state index contributed by atoms with van der Waals surface area (Å²) >= 11 is 0. The first-order valence-corrected chi connectivity index (χ1v) is 8.63. The number of nitrogens with one attached hydrogen (secondary N) is 1. The molecule has 1 aliphatic rings. The van der Waals surface area contributed by atoms with Gasteiger partial charge in [0.25, 0.3) is 0 Å². The van der Waals surface area contributed by atoms with Crippen molar-refractivity contribution < 1.29 is 8.42 Å². The molecular formula is C15H23NO2S. The lowest BCUT2D eigenvalue weighted by Crippen LogP contribution is -2.38. The molecule has 1 aromatic rings. The number of rotatable bonds is 2. The summed E-state index contributed by atoms with van der Waals surface area (Å²) in [6.45, 7) is 6.74. The van der Waals surface area contributed by atoms with E-state index >= 15 is 0 Å². The molecule has 0 amide bonds. The molecule has 1 N–H and O–H groups in total. The molecule has 3 unspecified atom stereocenters. The largest absolute Gasteiger partial charge is 0.309 e. The van der Waals surface area contributed by atoms with Crippen molar-refractivity contribution in [2.75, 3.05) is 12.3 Å². The second-order valence-corrected chi connectivity index (χ2v) is 8.14. The molecule has 1 aromatic carbocycles. The van der Waals surface area contributed by atoms with Crippen LogP contribution in [0.4, 0.5) is 0 Å². The van der Waals surface area contributed by atoms with E-state index in [2.05, 4.69) is 5.32 Å². The summed E-state index contributed by atoms with van der Waals surface area (Å²) in [5.41, 5.74) is 1.07. The fraction of sp³-hybridized carbons (Fsp3) is 0.600. The summed E-state index contributed by atoms with van der Waals surface area (Å²) in [5, 5.41) is 3.11. The van der Waals surface area contributed by atoms with Gasteiger partial charge in [-0.15, -0.1) is 0 Å². The second-order valence-electron chi connectivity index (χ2n) is 5.94. The Morgan fingerprint density at radius 1 is 1.21 bits per heavy atom. The standard InChI is InChI=1S/C15H23NO2S/c1-11(2)15-14(13-7-5-4-6-8-13)16-9-12(3)10-19(15,17)18/h4-8,11-12,14-16H,9-10H2,1-3H3. The minimum absolute atomic E-state index is 0.101. The predicted molar refractivity (Wildman–Crippen MR) is 78.8 cm³/mol. The Bertz CT molecular complexity index is 510. The molecular weight excluding hydrogens is 258 g/mol. The zero-order valence-corrected chi connectivity index (χ0v) is 12.7. The molecule has 1 saturated heterocycles. The average molecular weight is 281 g/mol. The third-order valence-corrected chi connectivity index (χ3v) is 6.44. The van der Waals surface area contributed by atoms with Crippen LogP contribution in [0.3, 0.4) is 0 Å². The lowest BCUT2D eigenvalue weighted by atomic mass is 9.96. The SMILES string of the molecule is CC1CNC(c2ccccc2)C(C(C)C)S(=O)(=O)C1. The Morgan fingerprint density at radius 2 is 1.84 bits per heavy atom. The minimum Gasteiger partial charge on any atom is -0.309 e. The van der Waals surface area contributed by atoms with Gasteiger partial charge in [0.1, 0.15) is 0 Å². The number of hydrogen-bond acceptors (Lipinski definition) is 3. The zero-order valence-electron chi connectivity index (χ0n) is 11.8. The van der Waals surface area contributed by atoms with Gasteiger partial charge >= 0.3 is 0 Å². The van der Waals surface area contributed by atoms with Gasteiger partial charge in [-0.1, -0.05) is 51.1 Å². The van der Waals surface area contributed by atoms with E-state index in [0.717, 1.165) is 12.1 Å². The minimum atomic E-state index is -3.07. The lowest BCUT2D eigenvalue weighted by Gasteiger charge is -2.28. The highest BCUT2D eigenvalue weighted by Crippen LogP contribution is 2.31. The van der Waals surface area contributed by atoms with Gasteiger partial charge in [-0.05, 0) is 23.9 Å². The molecule has 0 radical (unpaired) electrons. The van der Waals surface area contributed by atoms with Crippen molar-refractivity contribution in [3.05, 3.63) is 35.9 Å². The van der Waals surface area contributed by atoms with E-state index in [-0.39, 0.29) is 28.9 Å². The Morgan fingerprint density at radius 3 is 2.42 bits per heavy atom. The average Bonchev–Trinajstić information content (AvgIpc) is 2.45. The number of hydrogen-bond donors (Lipinski definition) is 1. The second kappa shape index (κ2) is 5.63. The molecule has 4 heteroatoms. The Kier molecular flexibility index (Phi) is 4.31. The molecule has 0 aliphatic carbocycles. The topological polar surface area (TPSA) is 46.2 Å². The Labute approximate surface area is 116 Å². The maximum atomic E-state index is 12.6. The molecule has 0 aromatic heterocycles. The highest BCUT2D eigenvalue weighted by atomic mass is 32.2. The summed E-state index contributed by atoms with van der Waals surface area (Å²) in [6, 6.07) is 9.82. The van der Waals surface area contributed by atoms with E-state index in [9.17, 15) is 8.42 Å². The van der Waals surface area contributed by atoms with Gasteiger partial charge in [-0.3, -0.25) is 0 Å². The van der Waals surface area contributed by atoms with Crippen LogP contribution in [0.25, 0.3) is 0 Å². The smallest absolute Gasteiger partial charge is 0.155 e. The first-order chi connectivity index (χ1) is 8.92. The van der Waals surface area contributed by atoms with Crippen molar-refractivity contribution in [1.82, 2.24) is 5.32 Å². The van der Waals surface area contributed by atoms with Gasteiger partial charge in [0.05, 0.1) is 11.0 Å². The van der Waals surface area contributed by atoms with Gasteiger partial charge in [0.2, 0.25) is 0 Å². The van der Waals surface area contributed by atoms with Crippen LogP contribution in [0.2, 0.25) is 0 Å². The predicted octanol–water partition coefficient (Wildman–Crippen LogP) is 2.41. The molecule has 1 heterocycles. The highest BCUT2D eigenvalue weighted by molar-refractivity contribution is 7.92. The van der Waals surface area contributed by atoms with Crippen molar-refractivity contribution in [1.29, 1.82) is 0 Å². The van der Waals surface area contributed by atoms with E-state index in [4.69, 9.17) is 0 Å². The van der Waals surface area contributed by atoms with Crippen molar-refractivity contribution in [3.8, 4) is 0 Å². The summed E-state index contributed by atoms with van der Waals surface area (Å²) < 4.78 is 25.2. The first kappa shape index (κ1) is 14.5. The van der Waals surface area contributed by atoms with Crippen LogP contribution < -0.4 is 5.32 Å². The van der Waals surface area contributed by atoms with Crippen LogP contribution in [-0.2, 0) is 9.84 Å². The van der Waals surface area contributed by atoms with Crippen LogP contribution in [0.5, 0.6) is 0 Å². The van der Waals surface area contributed by atoms with Crippen molar-refractivity contribution in [2.45, 2.75) is 32.1 Å². The summed E-state index contributed by atoms with van der Waals surface area (Å²) in [6.07, 6.45) is 0. The Hall–Kier alpha value is -0.870. The molecule has 2 rings (SSSR count). The monoisotopic (exact) mass is 281 g/mol. The van der Waals surface area contributed by atoms with Gasteiger partial charge < -0.3 is 5.32 Å². The van der Waals surface area contributed by atoms with Crippen molar-refractivity contribution >= 4 is 9.84 Å². The van der Waals surface area contributed by atoms with Gasteiger partial charge in [-0.25, -0.2) is 8.42 Å². The van der Waals surface area contributed by atoms with Crippen LogP contribution in [0, 0.1) is 11.8 Å². The third kappa shape index (κ3) is 3.18. The van der Waals surface area contributed by atoms with Crippen LogP contribution in [0.15, 0.2) is 30.3 Å². The summed E-state index contributed by atoms with van der Waals surface area (Å²) in [5.74, 6) is 0.555. The molecule has 0 saturated carbocycles. The third-order valence-electron chi connectivity index (χ3n) is 3.76. The molecule has 0 bridgehead atoms. The normalized spacial score (nSPS) is 31.1. The number of sulfone groups is 1. The van der Waals surface area contributed by atoms with Gasteiger partial charge in [0, 0.05) is 6.04 Å². The maximum Gasteiger partial charge on any atom is 0.155 e. The fourth-order valence-corrected chi connectivity index (χ4v) is 5.62. The quantitative estimate of drug-likeness (QED) is 0.905. The lowest BCUT2D eigenvalue weighted by molar-refractivity contribution is 0.422. The van der Waals surface area contributed by atoms with E-state index in [1.54, 1.807) is 0 Å². The number of benzene rings is 1. The fourth-order valence-electron chi connectivity index (χ4n) is 2.99. The van der Waals surface area contributed by atoms with E-state index in [0.29, 0.717) is 0 Å². The highest BCUT2D eigenvalue weighted by Gasteiger charge is 2.39. The summed E-state index contributed by atoms with van der Waals surface area (Å²) in [7, 11) is -3.07. The molecule has 0 spiro atoms. The molecule has 106 valence electrons. The van der Waals surface area contributed by atoms with Crippen molar-refractivity contribution in [3.63, 3.8) is 0 Å². The zero-order chi connectivity index (χ0) is 14.0. The van der Waals surface area contributed by atoms with E-state index < -0.39 is 9.84 Å². The molecule has 1 fully saturated rings. The first-order valence-electron chi connectivity index (χ1n) is 6.91. The summed E-state index contributed by atoms with van der Waals surface area (Å²) in [4.78, 5) is 0.